The van der Waals surface area contributed by atoms with Crippen LogP contribution < -0.4 is 5.73 Å². The largest absolute Gasteiger partial charge is 0.343 e. The van der Waals surface area contributed by atoms with Crippen LogP contribution in [0, 0.1) is 0 Å². The molecule has 0 atom stereocenters. The summed E-state index contributed by atoms with van der Waals surface area (Å²) in [5.41, 5.74) is 5.38. The first-order valence-electron chi connectivity index (χ1n) is 5.68. The van der Waals surface area contributed by atoms with Gasteiger partial charge in [0, 0.05) is 43.5 Å². The van der Waals surface area contributed by atoms with Gasteiger partial charge in [-0.05, 0) is 12.8 Å². The van der Waals surface area contributed by atoms with Gasteiger partial charge in [0.15, 0.2) is 0 Å². The maximum absolute atomic E-state index is 11.6. The first-order valence-corrected chi connectivity index (χ1v) is 6.56. The molecule has 1 aromatic rings. The molecule has 0 radical (unpaired) electrons. The van der Waals surface area contributed by atoms with Crippen molar-refractivity contribution >= 4 is 17.2 Å². The molecule has 0 spiro atoms. The molecule has 2 N–H and O–H groups in total. The van der Waals surface area contributed by atoms with Gasteiger partial charge in [0.1, 0.15) is 0 Å². The molecule has 5 heteroatoms. The predicted octanol–water partition coefficient (Wildman–Crippen LogP) is 1.20. The number of carbonyl (C=O) groups excluding carboxylic acids is 1. The topological polar surface area (TPSA) is 59.2 Å². The highest BCUT2D eigenvalue weighted by Crippen LogP contribution is 2.29. The standard InChI is InChI=1S/C11H17N3OS/c12-4-1-10(15)14-6-2-9(3-7-14)11-13-5-8-16-11/h5,8-9H,1-4,6-7,12H2. The summed E-state index contributed by atoms with van der Waals surface area (Å²) in [5, 5.41) is 3.23. The van der Waals surface area contributed by atoms with Crippen LogP contribution in [0.4, 0.5) is 0 Å². The Hall–Kier alpha value is -0.940. The van der Waals surface area contributed by atoms with Crippen LogP contribution in [-0.2, 0) is 4.79 Å². The summed E-state index contributed by atoms with van der Waals surface area (Å²) < 4.78 is 0. The number of hydrogen-bond acceptors (Lipinski definition) is 4. The Bertz CT molecular complexity index is 331. The second-order valence-electron chi connectivity index (χ2n) is 4.06. The van der Waals surface area contributed by atoms with Gasteiger partial charge in [-0.1, -0.05) is 0 Å². The van der Waals surface area contributed by atoms with Crippen LogP contribution >= 0.6 is 11.3 Å². The van der Waals surface area contributed by atoms with E-state index in [0.29, 0.717) is 18.9 Å². The third-order valence-electron chi connectivity index (χ3n) is 3.01. The number of rotatable bonds is 3. The van der Waals surface area contributed by atoms with Crippen molar-refractivity contribution in [2.75, 3.05) is 19.6 Å². The van der Waals surface area contributed by atoms with Crippen molar-refractivity contribution in [3.05, 3.63) is 16.6 Å². The lowest BCUT2D eigenvalue weighted by atomic mass is 9.97. The van der Waals surface area contributed by atoms with Crippen LogP contribution in [0.3, 0.4) is 0 Å². The summed E-state index contributed by atoms with van der Waals surface area (Å²) >= 11 is 1.71. The van der Waals surface area contributed by atoms with E-state index in [9.17, 15) is 4.79 Å². The Kier molecular flexibility index (Phi) is 3.90. The van der Waals surface area contributed by atoms with E-state index in [1.165, 1.54) is 5.01 Å². The van der Waals surface area contributed by atoms with Gasteiger partial charge in [-0.25, -0.2) is 4.98 Å². The van der Waals surface area contributed by atoms with Gasteiger partial charge in [0.25, 0.3) is 0 Å². The fourth-order valence-electron chi connectivity index (χ4n) is 2.09. The molecule has 0 bridgehead atoms. The van der Waals surface area contributed by atoms with Crippen molar-refractivity contribution in [1.29, 1.82) is 0 Å². The molecular weight excluding hydrogens is 222 g/mol. The lowest BCUT2D eigenvalue weighted by Gasteiger charge is -2.31. The summed E-state index contributed by atoms with van der Waals surface area (Å²) in [6.45, 7) is 2.15. The maximum atomic E-state index is 11.6. The summed E-state index contributed by atoms with van der Waals surface area (Å²) in [5.74, 6) is 0.738. The third kappa shape index (κ3) is 2.59. The Morgan fingerprint density at radius 3 is 2.88 bits per heavy atom. The molecule has 2 heterocycles. The van der Waals surface area contributed by atoms with E-state index in [1.54, 1.807) is 11.3 Å². The molecule has 1 aromatic heterocycles. The third-order valence-corrected chi connectivity index (χ3v) is 3.94. The molecule has 1 aliphatic rings. The van der Waals surface area contributed by atoms with Gasteiger partial charge < -0.3 is 10.6 Å². The van der Waals surface area contributed by atoms with E-state index in [-0.39, 0.29) is 5.91 Å². The number of aromatic nitrogens is 1. The molecule has 0 saturated carbocycles. The monoisotopic (exact) mass is 239 g/mol. The fourth-order valence-corrected chi connectivity index (χ4v) is 2.90. The van der Waals surface area contributed by atoms with Crippen LogP contribution in [0.15, 0.2) is 11.6 Å². The summed E-state index contributed by atoms with van der Waals surface area (Å²) in [6.07, 6.45) is 4.39. The summed E-state index contributed by atoms with van der Waals surface area (Å²) in [6, 6.07) is 0. The summed E-state index contributed by atoms with van der Waals surface area (Å²) in [4.78, 5) is 17.9. The van der Waals surface area contributed by atoms with E-state index in [2.05, 4.69) is 4.98 Å². The fraction of sp³-hybridized carbons (Fsp3) is 0.636. The number of hydrogen-bond donors (Lipinski definition) is 1. The van der Waals surface area contributed by atoms with E-state index in [4.69, 9.17) is 5.73 Å². The molecule has 4 nitrogen and oxygen atoms in total. The van der Waals surface area contributed by atoms with Crippen molar-refractivity contribution in [3.63, 3.8) is 0 Å². The minimum Gasteiger partial charge on any atom is -0.343 e. The summed E-state index contributed by atoms with van der Waals surface area (Å²) in [7, 11) is 0. The molecule has 1 saturated heterocycles. The van der Waals surface area contributed by atoms with Crippen molar-refractivity contribution in [3.8, 4) is 0 Å². The van der Waals surface area contributed by atoms with Crippen molar-refractivity contribution in [2.24, 2.45) is 5.73 Å². The number of nitrogens with two attached hydrogens (primary N) is 1. The molecule has 88 valence electrons. The number of thiazole rings is 1. The highest BCUT2D eigenvalue weighted by Gasteiger charge is 2.24. The van der Waals surface area contributed by atoms with Crippen LogP contribution in [0.5, 0.6) is 0 Å². The van der Waals surface area contributed by atoms with E-state index >= 15 is 0 Å². The van der Waals surface area contributed by atoms with E-state index in [0.717, 1.165) is 25.9 Å². The minimum absolute atomic E-state index is 0.195. The van der Waals surface area contributed by atoms with Crippen LogP contribution in [-0.4, -0.2) is 35.4 Å². The normalized spacial score (nSPS) is 17.7. The Labute approximate surface area is 99.5 Å². The SMILES string of the molecule is NCCC(=O)N1CCC(c2nccs2)CC1. The second kappa shape index (κ2) is 5.41. The number of carbonyl (C=O) groups is 1. The van der Waals surface area contributed by atoms with Gasteiger partial charge in [0.2, 0.25) is 5.91 Å². The maximum Gasteiger partial charge on any atom is 0.223 e. The van der Waals surface area contributed by atoms with Gasteiger partial charge in [-0.3, -0.25) is 4.79 Å². The molecule has 1 aliphatic heterocycles. The number of nitrogens with zero attached hydrogens (tertiary/aromatic N) is 2. The lowest BCUT2D eigenvalue weighted by Crippen LogP contribution is -2.38. The quantitative estimate of drug-likeness (QED) is 0.862. The smallest absolute Gasteiger partial charge is 0.223 e. The Morgan fingerprint density at radius 2 is 2.31 bits per heavy atom. The van der Waals surface area contributed by atoms with Gasteiger partial charge in [-0.15, -0.1) is 11.3 Å². The highest BCUT2D eigenvalue weighted by molar-refractivity contribution is 7.09. The molecule has 1 amide bonds. The van der Waals surface area contributed by atoms with Crippen LogP contribution in [0.25, 0.3) is 0 Å². The lowest BCUT2D eigenvalue weighted by molar-refractivity contribution is -0.132. The Balaban J connectivity index is 1.85. The molecule has 1 fully saturated rings. The van der Waals surface area contributed by atoms with E-state index in [1.807, 2.05) is 16.5 Å². The van der Waals surface area contributed by atoms with Crippen LogP contribution in [0.2, 0.25) is 0 Å². The van der Waals surface area contributed by atoms with Crippen molar-refractivity contribution in [1.82, 2.24) is 9.88 Å². The highest BCUT2D eigenvalue weighted by atomic mass is 32.1. The zero-order valence-electron chi connectivity index (χ0n) is 9.26. The molecule has 16 heavy (non-hydrogen) atoms. The predicted molar refractivity (Wildman–Crippen MR) is 64.3 cm³/mol. The molecule has 0 unspecified atom stereocenters. The van der Waals surface area contributed by atoms with Gasteiger partial charge >= 0.3 is 0 Å². The second-order valence-corrected chi connectivity index (χ2v) is 4.99. The van der Waals surface area contributed by atoms with Crippen molar-refractivity contribution < 1.29 is 4.79 Å². The zero-order chi connectivity index (χ0) is 11.4. The number of likely N-dealkylation sites (tertiary alicyclic amines) is 1. The van der Waals surface area contributed by atoms with Crippen LogP contribution in [0.1, 0.15) is 30.2 Å². The molecule has 0 aromatic carbocycles. The first-order chi connectivity index (χ1) is 7.81. The van der Waals surface area contributed by atoms with E-state index < -0.39 is 0 Å². The molecule has 0 aliphatic carbocycles. The first kappa shape index (κ1) is 11.5. The number of piperidine rings is 1. The van der Waals surface area contributed by atoms with Crippen molar-refractivity contribution in [2.45, 2.75) is 25.2 Å². The molecular formula is C11H17N3OS. The zero-order valence-corrected chi connectivity index (χ0v) is 10.1. The Morgan fingerprint density at radius 1 is 1.56 bits per heavy atom. The van der Waals surface area contributed by atoms with Gasteiger partial charge in [-0.2, -0.15) is 0 Å². The average Bonchev–Trinajstić information content (AvgIpc) is 2.83. The average molecular weight is 239 g/mol. The van der Waals surface area contributed by atoms with Gasteiger partial charge in [0.05, 0.1) is 5.01 Å². The minimum atomic E-state index is 0.195. The number of amides is 1. The molecule has 2 rings (SSSR count).